The van der Waals surface area contributed by atoms with Crippen LogP contribution in [0.3, 0.4) is 0 Å². The predicted octanol–water partition coefficient (Wildman–Crippen LogP) is 4.09. The van der Waals surface area contributed by atoms with Crippen LogP contribution in [0.25, 0.3) is 0 Å². The molecule has 1 saturated carbocycles. The summed E-state index contributed by atoms with van der Waals surface area (Å²) in [6.45, 7) is 7.40. The lowest BCUT2D eigenvalue weighted by molar-refractivity contribution is -0.0321. The van der Waals surface area contributed by atoms with Gasteiger partial charge in [-0.05, 0) is 60.4 Å². The third kappa shape index (κ3) is 3.22. The van der Waals surface area contributed by atoms with Crippen molar-refractivity contribution in [2.24, 2.45) is 11.8 Å². The summed E-state index contributed by atoms with van der Waals surface area (Å²) in [4.78, 5) is 0. The molecule has 2 atom stereocenters. The van der Waals surface area contributed by atoms with E-state index in [0.717, 1.165) is 36.0 Å². The SMILES string of the molecule is CCn1ncc(Br)c1C1(O)CCCC(CC(C)C)C1. The van der Waals surface area contributed by atoms with E-state index in [9.17, 15) is 5.11 Å². The zero-order valence-electron chi connectivity index (χ0n) is 12.2. The van der Waals surface area contributed by atoms with E-state index in [1.807, 2.05) is 10.9 Å². The smallest absolute Gasteiger partial charge is 0.108 e. The minimum Gasteiger partial charge on any atom is -0.384 e. The number of aromatic nitrogens is 2. The first kappa shape index (κ1) is 15.0. The van der Waals surface area contributed by atoms with Crippen LogP contribution in [0.15, 0.2) is 10.7 Å². The Morgan fingerprint density at radius 3 is 2.95 bits per heavy atom. The molecule has 108 valence electrons. The van der Waals surface area contributed by atoms with E-state index in [1.165, 1.54) is 12.8 Å². The second-order valence-electron chi connectivity index (χ2n) is 6.28. The van der Waals surface area contributed by atoms with Crippen LogP contribution in [-0.4, -0.2) is 14.9 Å². The maximum atomic E-state index is 11.1. The van der Waals surface area contributed by atoms with E-state index >= 15 is 0 Å². The van der Waals surface area contributed by atoms with Gasteiger partial charge in [-0.3, -0.25) is 4.68 Å². The van der Waals surface area contributed by atoms with Gasteiger partial charge in [-0.25, -0.2) is 0 Å². The van der Waals surface area contributed by atoms with E-state index in [-0.39, 0.29) is 0 Å². The molecule has 19 heavy (non-hydrogen) atoms. The fourth-order valence-corrected chi connectivity index (χ4v) is 4.18. The van der Waals surface area contributed by atoms with Crippen LogP contribution in [0.1, 0.15) is 58.6 Å². The first-order valence-corrected chi connectivity index (χ1v) is 8.19. The van der Waals surface area contributed by atoms with Crippen LogP contribution in [0.2, 0.25) is 0 Å². The fraction of sp³-hybridized carbons (Fsp3) is 0.800. The lowest BCUT2D eigenvalue weighted by atomic mass is 9.73. The summed E-state index contributed by atoms with van der Waals surface area (Å²) in [5.41, 5.74) is 0.270. The van der Waals surface area contributed by atoms with Gasteiger partial charge < -0.3 is 5.11 Å². The molecule has 1 aromatic rings. The van der Waals surface area contributed by atoms with Gasteiger partial charge in [0, 0.05) is 6.54 Å². The molecule has 0 radical (unpaired) electrons. The van der Waals surface area contributed by atoms with Crippen molar-refractivity contribution in [2.75, 3.05) is 0 Å². The molecule has 1 aliphatic carbocycles. The topological polar surface area (TPSA) is 38.0 Å². The summed E-state index contributed by atoms with van der Waals surface area (Å²) in [5, 5.41) is 15.5. The van der Waals surface area contributed by atoms with Crippen molar-refractivity contribution in [2.45, 2.75) is 65.0 Å². The summed E-state index contributed by atoms with van der Waals surface area (Å²) in [6.07, 6.45) is 7.10. The van der Waals surface area contributed by atoms with E-state index < -0.39 is 5.60 Å². The lowest BCUT2D eigenvalue weighted by Gasteiger charge is -2.38. The van der Waals surface area contributed by atoms with Gasteiger partial charge in [-0.2, -0.15) is 5.10 Å². The Morgan fingerprint density at radius 1 is 1.58 bits per heavy atom. The van der Waals surface area contributed by atoms with Gasteiger partial charge in [0.1, 0.15) is 5.60 Å². The van der Waals surface area contributed by atoms with E-state index in [1.54, 1.807) is 0 Å². The molecule has 1 N–H and O–H groups in total. The van der Waals surface area contributed by atoms with Crippen molar-refractivity contribution in [1.29, 1.82) is 0 Å². The largest absolute Gasteiger partial charge is 0.384 e. The van der Waals surface area contributed by atoms with E-state index in [0.29, 0.717) is 11.8 Å². The molecule has 0 amide bonds. The van der Waals surface area contributed by atoms with Crippen LogP contribution >= 0.6 is 15.9 Å². The number of rotatable bonds is 4. The lowest BCUT2D eigenvalue weighted by Crippen LogP contribution is -2.35. The van der Waals surface area contributed by atoms with Gasteiger partial charge in [-0.15, -0.1) is 0 Å². The Hall–Kier alpha value is -0.350. The molecule has 1 aromatic heterocycles. The van der Waals surface area contributed by atoms with Crippen LogP contribution in [-0.2, 0) is 12.1 Å². The number of nitrogens with zero attached hydrogens (tertiary/aromatic N) is 2. The van der Waals surface area contributed by atoms with Crippen molar-refractivity contribution in [1.82, 2.24) is 9.78 Å². The first-order chi connectivity index (χ1) is 8.96. The Bertz CT molecular complexity index is 430. The van der Waals surface area contributed by atoms with Crippen molar-refractivity contribution < 1.29 is 5.11 Å². The van der Waals surface area contributed by atoms with Crippen molar-refractivity contribution in [3.8, 4) is 0 Å². The third-order valence-electron chi connectivity index (χ3n) is 4.17. The van der Waals surface area contributed by atoms with Gasteiger partial charge in [0.15, 0.2) is 0 Å². The molecular weight excluding hydrogens is 304 g/mol. The molecule has 1 fully saturated rings. The molecule has 2 rings (SSSR count). The number of hydrogen-bond donors (Lipinski definition) is 1. The standard InChI is InChI=1S/C15H25BrN2O/c1-4-18-14(13(16)10-17-18)15(19)7-5-6-12(9-15)8-11(2)3/h10-12,19H,4-9H2,1-3H3. The van der Waals surface area contributed by atoms with Gasteiger partial charge in [0.2, 0.25) is 0 Å². The highest BCUT2D eigenvalue weighted by Gasteiger charge is 2.39. The monoisotopic (exact) mass is 328 g/mol. The zero-order valence-corrected chi connectivity index (χ0v) is 13.8. The minimum atomic E-state index is -0.705. The molecule has 0 bridgehead atoms. The molecule has 0 saturated heterocycles. The van der Waals surface area contributed by atoms with Gasteiger partial charge in [-0.1, -0.05) is 20.3 Å². The number of aliphatic hydroxyl groups is 1. The van der Waals surface area contributed by atoms with Crippen LogP contribution < -0.4 is 0 Å². The minimum absolute atomic E-state index is 0.630. The number of halogens is 1. The molecule has 0 aliphatic heterocycles. The molecular formula is C15H25BrN2O. The fourth-order valence-electron chi connectivity index (χ4n) is 3.51. The van der Waals surface area contributed by atoms with Crippen molar-refractivity contribution in [3.05, 3.63) is 16.4 Å². The quantitative estimate of drug-likeness (QED) is 0.903. The molecule has 2 unspecified atom stereocenters. The molecule has 1 heterocycles. The van der Waals surface area contributed by atoms with Gasteiger partial charge in [0.25, 0.3) is 0 Å². The Morgan fingerprint density at radius 2 is 2.32 bits per heavy atom. The highest BCUT2D eigenvalue weighted by molar-refractivity contribution is 9.10. The van der Waals surface area contributed by atoms with E-state index in [4.69, 9.17) is 0 Å². The second-order valence-corrected chi connectivity index (χ2v) is 7.13. The normalized spacial score (nSPS) is 28.0. The van der Waals surface area contributed by atoms with Crippen molar-refractivity contribution >= 4 is 15.9 Å². The van der Waals surface area contributed by atoms with Crippen LogP contribution in [0.5, 0.6) is 0 Å². The Kier molecular flexibility index (Phi) is 4.72. The number of aryl methyl sites for hydroxylation is 1. The second kappa shape index (κ2) is 5.96. The summed E-state index contributed by atoms with van der Waals surface area (Å²) >= 11 is 3.56. The van der Waals surface area contributed by atoms with Crippen LogP contribution in [0, 0.1) is 11.8 Å². The van der Waals surface area contributed by atoms with Crippen LogP contribution in [0.4, 0.5) is 0 Å². The maximum Gasteiger partial charge on any atom is 0.108 e. The third-order valence-corrected chi connectivity index (χ3v) is 4.75. The Labute approximate surface area is 124 Å². The predicted molar refractivity (Wildman–Crippen MR) is 80.9 cm³/mol. The van der Waals surface area contributed by atoms with Gasteiger partial charge >= 0.3 is 0 Å². The zero-order chi connectivity index (χ0) is 14.0. The molecule has 4 heteroatoms. The summed E-state index contributed by atoms with van der Waals surface area (Å²) in [5.74, 6) is 1.33. The van der Waals surface area contributed by atoms with Crippen molar-refractivity contribution in [3.63, 3.8) is 0 Å². The first-order valence-electron chi connectivity index (χ1n) is 7.40. The summed E-state index contributed by atoms with van der Waals surface area (Å²) in [6, 6.07) is 0. The van der Waals surface area contributed by atoms with Gasteiger partial charge in [0.05, 0.1) is 16.4 Å². The average Bonchev–Trinajstić information content (AvgIpc) is 2.70. The molecule has 0 spiro atoms. The highest BCUT2D eigenvalue weighted by Crippen LogP contribution is 2.44. The molecule has 0 aromatic carbocycles. The molecule has 3 nitrogen and oxygen atoms in total. The Balaban J connectivity index is 2.23. The summed E-state index contributed by atoms with van der Waals surface area (Å²) < 4.78 is 2.88. The summed E-state index contributed by atoms with van der Waals surface area (Å²) in [7, 11) is 0. The average molecular weight is 329 g/mol. The molecule has 1 aliphatic rings. The highest BCUT2D eigenvalue weighted by atomic mass is 79.9. The number of hydrogen-bond acceptors (Lipinski definition) is 2. The maximum absolute atomic E-state index is 11.1. The van der Waals surface area contributed by atoms with E-state index in [2.05, 4.69) is 41.8 Å².